The van der Waals surface area contributed by atoms with Crippen molar-refractivity contribution in [3.05, 3.63) is 0 Å². The minimum Gasteiger partial charge on any atom is -0.169 e. The molecular formula is C6H14Cl3NS. The molecule has 0 heterocycles. The highest BCUT2D eigenvalue weighted by atomic mass is 35.5. The summed E-state index contributed by atoms with van der Waals surface area (Å²) in [7, 11) is 0. The van der Waals surface area contributed by atoms with Gasteiger partial charge in [0.05, 0.1) is 5.54 Å². The Kier molecular flexibility index (Phi) is 10.4. The van der Waals surface area contributed by atoms with Gasteiger partial charge < -0.3 is 0 Å². The van der Waals surface area contributed by atoms with Crippen LogP contribution in [0.4, 0.5) is 0 Å². The van der Waals surface area contributed by atoms with E-state index in [1.54, 1.807) is 11.8 Å². The molecule has 0 aliphatic rings. The van der Waals surface area contributed by atoms with Crippen molar-refractivity contribution in [3.8, 4) is 0 Å². The Balaban J connectivity index is 0. The van der Waals surface area contributed by atoms with Crippen LogP contribution in [0.15, 0.2) is 0 Å². The van der Waals surface area contributed by atoms with Crippen LogP contribution in [0.25, 0.3) is 0 Å². The predicted molar refractivity (Wildman–Crippen MR) is 57.8 cm³/mol. The molecule has 0 bridgehead atoms. The molecule has 0 aliphatic carbocycles. The number of alkyl halides is 1. The van der Waals surface area contributed by atoms with Gasteiger partial charge in [0.1, 0.15) is 0 Å². The Morgan fingerprint density at radius 3 is 1.55 bits per heavy atom. The number of nitrogens with zero attached hydrogens (tertiary/aromatic N) is 1. The zero-order valence-electron chi connectivity index (χ0n) is 7.20. The molecule has 1 nitrogen and oxygen atoms in total. The normalized spacial score (nSPS) is 10.9. The highest BCUT2D eigenvalue weighted by Crippen LogP contribution is 2.20. The number of thioether (sulfide) groups is 1. The summed E-state index contributed by atoms with van der Waals surface area (Å²) in [6.45, 7) is 3.69. The predicted octanol–water partition coefficient (Wildman–Crippen LogP) is 3.59. The van der Waals surface area contributed by atoms with E-state index in [1.807, 2.05) is 26.4 Å². The minimum atomic E-state index is -0.329. The number of halogens is 3. The van der Waals surface area contributed by atoms with Crippen LogP contribution in [-0.4, -0.2) is 27.9 Å². The Hall–Kier alpha value is 1.18. The smallest absolute Gasteiger partial charge is 0.0605 e. The van der Waals surface area contributed by atoms with Crippen molar-refractivity contribution in [3.63, 3.8) is 0 Å². The maximum Gasteiger partial charge on any atom is 0.0605 e. The number of hydrogen-bond acceptors (Lipinski definition) is 2. The van der Waals surface area contributed by atoms with E-state index in [1.165, 1.54) is 0 Å². The molecule has 0 saturated heterocycles. The zero-order chi connectivity index (χ0) is 9.49. The molecule has 0 aromatic carbocycles. The van der Waals surface area contributed by atoms with E-state index < -0.39 is 0 Å². The van der Waals surface area contributed by atoms with Crippen LogP contribution in [0.5, 0.6) is 0 Å². The summed E-state index contributed by atoms with van der Waals surface area (Å²) in [5.41, 5.74) is -0.329. The largest absolute Gasteiger partial charge is 0.169 e. The van der Waals surface area contributed by atoms with Gasteiger partial charge in [-0.15, -0.1) is 15.5 Å². The van der Waals surface area contributed by atoms with Gasteiger partial charge in [0.2, 0.25) is 0 Å². The topological polar surface area (TPSA) is 3.24 Å². The lowest BCUT2D eigenvalue weighted by atomic mass is 10.1. The Labute approximate surface area is 88.6 Å². The zero-order valence-corrected chi connectivity index (χ0v) is 10.3. The lowest BCUT2D eigenvalue weighted by Crippen LogP contribution is -2.32. The van der Waals surface area contributed by atoms with Crippen molar-refractivity contribution in [2.75, 3.05) is 18.4 Å². The summed E-state index contributed by atoms with van der Waals surface area (Å²) in [6.07, 6.45) is 4.08. The average molecular weight is 239 g/mol. The molecule has 0 rings (SSSR count). The molecule has 0 radical (unpaired) electrons. The second-order valence-corrected chi connectivity index (χ2v) is 4.52. The van der Waals surface area contributed by atoms with Crippen LogP contribution in [0.2, 0.25) is 0 Å². The third kappa shape index (κ3) is 9.09. The maximum atomic E-state index is 5.48. The average Bonchev–Trinajstić information content (AvgIpc) is 1.89. The second kappa shape index (κ2) is 7.81. The summed E-state index contributed by atoms with van der Waals surface area (Å²) in [5, 5.41) is 0. The van der Waals surface area contributed by atoms with Gasteiger partial charge in [-0.3, -0.25) is 0 Å². The molecule has 0 unspecified atom stereocenters. The van der Waals surface area contributed by atoms with Crippen molar-refractivity contribution in [1.29, 1.82) is 0 Å². The lowest BCUT2D eigenvalue weighted by Gasteiger charge is -2.23. The first-order valence-corrected chi connectivity index (χ1v) is 5.84. The molecule has 0 aromatic rings. The quantitative estimate of drug-likeness (QED) is 0.534. The number of rotatable bonds is 2. The molecule has 0 aromatic heterocycles. The third-order valence-electron chi connectivity index (χ3n) is 0.785. The van der Waals surface area contributed by atoms with Gasteiger partial charge in [-0.05, 0) is 49.9 Å². The van der Waals surface area contributed by atoms with Gasteiger partial charge >= 0.3 is 0 Å². The van der Waals surface area contributed by atoms with Crippen molar-refractivity contribution < 1.29 is 0 Å². The molecule has 11 heavy (non-hydrogen) atoms. The molecule has 0 aliphatic heterocycles. The number of hydrogen-bond donors (Lipinski definition) is 0. The fourth-order valence-electron chi connectivity index (χ4n) is 0.0452. The van der Waals surface area contributed by atoms with Crippen LogP contribution >= 0.6 is 46.9 Å². The monoisotopic (exact) mass is 237 g/mol. The molecule has 0 fully saturated rings. The van der Waals surface area contributed by atoms with E-state index >= 15 is 0 Å². The molecule has 0 N–H and O–H groups in total. The first-order chi connectivity index (χ1) is 4.92. The van der Waals surface area contributed by atoms with Crippen molar-refractivity contribution in [1.82, 2.24) is 3.94 Å². The molecule has 0 atom stereocenters. The van der Waals surface area contributed by atoms with Gasteiger partial charge in [0.15, 0.2) is 0 Å². The van der Waals surface area contributed by atoms with Gasteiger partial charge in [0, 0.05) is 5.88 Å². The summed E-state index contributed by atoms with van der Waals surface area (Å²) in [5.74, 6) is 0.417. The fraction of sp³-hybridized carbons (Fsp3) is 1.00. The highest BCUT2D eigenvalue weighted by Gasteiger charge is 2.22. The van der Waals surface area contributed by atoms with Gasteiger partial charge in [-0.2, -0.15) is 11.8 Å². The van der Waals surface area contributed by atoms with E-state index in [0.717, 1.165) is 3.94 Å². The summed E-state index contributed by atoms with van der Waals surface area (Å²) in [4.78, 5) is 0. The molecule has 0 saturated carbocycles. The van der Waals surface area contributed by atoms with Crippen LogP contribution in [0, 0.1) is 0 Å². The van der Waals surface area contributed by atoms with Crippen LogP contribution < -0.4 is 0 Å². The van der Waals surface area contributed by atoms with Crippen LogP contribution in [-0.2, 0) is 0 Å². The second-order valence-electron chi connectivity index (χ2n) is 2.59. The van der Waals surface area contributed by atoms with Crippen molar-refractivity contribution in [2.45, 2.75) is 19.4 Å². The van der Waals surface area contributed by atoms with Crippen molar-refractivity contribution in [2.24, 2.45) is 0 Å². The Morgan fingerprint density at radius 1 is 1.27 bits per heavy atom. The molecule has 0 spiro atoms. The van der Waals surface area contributed by atoms with E-state index in [4.69, 9.17) is 35.2 Å². The van der Waals surface area contributed by atoms with Crippen LogP contribution in [0.1, 0.15) is 13.8 Å². The van der Waals surface area contributed by atoms with E-state index in [-0.39, 0.29) is 5.54 Å². The van der Waals surface area contributed by atoms with E-state index in [0.29, 0.717) is 5.88 Å². The summed E-state index contributed by atoms with van der Waals surface area (Å²) >= 11 is 18.0. The summed E-state index contributed by atoms with van der Waals surface area (Å²) in [6, 6.07) is 0. The Bertz CT molecular complexity index is 87.9. The molecule has 0 amide bonds. The molecule has 5 heteroatoms. The Morgan fingerprint density at radius 2 is 1.55 bits per heavy atom. The van der Waals surface area contributed by atoms with Crippen LogP contribution in [0.3, 0.4) is 0 Å². The maximum absolute atomic E-state index is 5.48. The van der Waals surface area contributed by atoms with E-state index in [9.17, 15) is 0 Å². The summed E-state index contributed by atoms with van der Waals surface area (Å²) < 4.78 is 1.06. The van der Waals surface area contributed by atoms with Gasteiger partial charge in [-0.25, -0.2) is 0 Å². The standard InChI is InChI=1S/C4H8Cl3N.C2H6S/c1-4(2,3-5)8(6)7;1-3-2/h3H2,1-2H3;1-2H3. The minimum absolute atomic E-state index is 0.329. The molecule has 70 valence electrons. The first kappa shape index (κ1) is 14.7. The van der Waals surface area contributed by atoms with E-state index in [2.05, 4.69) is 0 Å². The first-order valence-electron chi connectivity index (χ1n) is 3.00. The fourth-order valence-corrected chi connectivity index (χ4v) is 0.407. The third-order valence-corrected chi connectivity index (χ3v) is 2.35. The SMILES string of the molecule is CC(C)(CCl)N(Cl)Cl.CSC. The molecular weight excluding hydrogens is 224 g/mol. The lowest BCUT2D eigenvalue weighted by molar-refractivity contribution is 0.396. The van der Waals surface area contributed by atoms with Gasteiger partial charge in [-0.1, -0.05) is 0 Å². The van der Waals surface area contributed by atoms with Gasteiger partial charge in [0.25, 0.3) is 0 Å². The van der Waals surface area contributed by atoms with Crippen molar-refractivity contribution >= 4 is 46.9 Å². The highest BCUT2D eigenvalue weighted by molar-refractivity contribution is 7.97.